The lowest BCUT2D eigenvalue weighted by atomic mass is 10.1. The van der Waals surface area contributed by atoms with Crippen molar-refractivity contribution < 1.29 is 23.1 Å². The van der Waals surface area contributed by atoms with E-state index in [9.17, 15) is 23.1 Å². The zero-order valence-electron chi connectivity index (χ0n) is 14.9. The van der Waals surface area contributed by atoms with Gasteiger partial charge < -0.3 is 10.8 Å². The van der Waals surface area contributed by atoms with Gasteiger partial charge >= 0.3 is 5.97 Å². The summed E-state index contributed by atoms with van der Waals surface area (Å²) in [4.78, 5) is 23.6. The Hall–Kier alpha value is -2.97. The van der Waals surface area contributed by atoms with Crippen LogP contribution in [0.2, 0.25) is 0 Å². The molecule has 144 valence electrons. The van der Waals surface area contributed by atoms with E-state index < -0.39 is 27.5 Å². The van der Waals surface area contributed by atoms with Crippen LogP contribution in [0.5, 0.6) is 0 Å². The summed E-state index contributed by atoms with van der Waals surface area (Å²) in [5, 5.41) is 9.52. The monoisotopic (exact) mass is 415 g/mol. The molecule has 0 spiro atoms. The van der Waals surface area contributed by atoms with Gasteiger partial charge in [-0.15, -0.1) is 11.3 Å². The van der Waals surface area contributed by atoms with Crippen LogP contribution in [-0.2, 0) is 15.6 Å². The SMILES string of the molecule is Cc1ccccc1S(=O)(=O)Cc1cc(-c2ccc(C(N)=O)cc2)sc1C(=O)O. The van der Waals surface area contributed by atoms with Gasteiger partial charge in [-0.05, 0) is 47.9 Å². The Bertz CT molecular complexity index is 1160. The lowest BCUT2D eigenvalue weighted by molar-refractivity contribution is 0.0701. The number of sulfone groups is 1. The summed E-state index contributed by atoms with van der Waals surface area (Å²) >= 11 is 0.995. The summed E-state index contributed by atoms with van der Waals surface area (Å²) in [6, 6.07) is 14.6. The zero-order valence-corrected chi connectivity index (χ0v) is 16.5. The quantitative estimate of drug-likeness (QED) is 0.639. The summed E-state index contributed by atoms with van der Waals surface area (Å²) in [6.07, 6.45) is 0. The third-order valence-corrected chi connectivity index (χ3v) is 7.26. The number of aryl methyl sites for hydroxylation is 1. The number of hydrogen-bond acceptors (Lipinski definition) is 5. The number of carboxylic acid groups (broad SMARTS) is 1. The highest BCUT2D eigenvalue weighted by Crippen LogP contribution is 2.34. The fourth-order valence-corrected chi connectivity index (χ4v) is 5.60. The third kappa shape index (κ3) is 3.97. The Balaban J connectivity index is 2.01. The normalized spacial score (nSPS) is 11.3. The van der Waals surface area contributed by atoms with E-state index in [2.05, 4.69) is 0 Å². The summed E-state index contributed by atoms with van der Waals surface area (Å²) in [7, 11) is -3.70. The molecule has 28 heavy (non-hydrogen) atoms. The second-order valence-electron chi connectivity index (χ2n) is 6.24. The molecule has 0 aliphatic rings. The highest BCUT2D eigenvalue weighted by atomic mass is 32.2. The number of primary amides is 1. The minimum atomic E-state index is -3.70. The second-order valence-corrected chi connectivity index (χ2v) is 9.25. The molecule has 0 aliphatic carbocycles. The summed E-state index contributed by atoms with van der Waals surface area (Å²) in [6.45, 7) is 1.70. The van der Waals surface area contributed by atoms with Crippen molar-refractivity contribution in [3.8, 4) is 10.4 Å². The predicted molar refractivity (Wildman–Crippen MR) is 107 cm³/mol. The molecular formula is C20H17NO5S2. The van der Waals surface area contributed by atoms with E-state index in [4.69, 9.17) is 5.73 Å². The molecule has 0 atom stereocenters. The highest BCUT2D eigenvalue weighted by Gasteiger charge is 2.24. The van der Waals surface area contributed by atoms with E-state index >= 15 is 0 Å². The number of amides is 1. The molecule has 3 rings (SSSR count). The average molecular weight is 415 g/mol. The van der Waals surface area contributed by atoms with Crippen LogP contribution >= 0.6 is 11.3 Å². The number of carboxylic acids is 1. The lowest BCUT2D eigenvalue weighted by Gasteiger charge is -2.07. The summed E-state index contributed by atoms with van der Waals surface area (Å²) < 4.78 is 25.6. The molecule has 0 aliphatic heterocycles. The first kappa shape index (κ1) is 19.8. The van der Waals surface area contributed by atoms with Gasteiger partial charge in [0.15, 0.2) is 9.84 Å². The van der Waals surface area contributed by atoms with Gasteiger partial charge in [0.05, 0.1) is 10.6 Å². The van der Waals surface area contributed by atoms with Crippen molar-refractivity contribution in [1.29, 1.82) is 0 Å². The largest absolute Gasteiger partial charge is 0.477 e. The van der Waals surface area contributed by atoms with Gasteiger partial charge in [-0.3, -0.25) is 4.79 Å². The molecule has 8 heteroatoms. The third-order valence-electron chi connectivity index (χ3n) is 4.23. The number of nitrogens with two attached hydrogens (primary N) is 1. The van der Waals surface area contributed by atoms with E-state index in [-0.39, 0.29) is 15.3 Å². The van der Waals surface area contributed by atoms with E-state index in [1.165, 1.54) is 6.07 Å². The molecule has 6 nitrogen and oxygen atoms in total. The van der Waals surface area contributed by atoms with Gasteiger partial charge in [-0.1, -0.05) is 30.3 Å². The molecule has 3 N–H and O–H groups in total. The van der Waals surface area contributed by atoms with Crippen LogP contribution in [0, 0.1) is 6.92 Å². The lowest BCUT2D eigenvalue weighted by Crippen LogP contribution is -2.10. The first-order chi connectivity index (χ1) is 13.2. The highest BCUT2D eigenvalue weighted by molar-refractivity contribution is 7.90. The fourth-order valence-electron chi connectivity index (χ4n) is 2.85. The van der Waals surface area contributed by atoms with Gasteiger partial charge in [0.25, 0.3) is 0 Å². The maximum Gasteiger partial charge on any atom is 0.346 e. The summed E-state index contributed by atoms with van der Waals surface area (Å²) in [5.74, 6) is -2.15. The molecule has 2 aromatic carbocycles. The second kappa shape index (κ2) is 7.57. The van der Waals surface area contributed by atoms with Crippen molar-refractivity contribution in [2.24, 2.45) is 5.73 Å². The summed E-state index contributed by atoms with van der Waals surface area (Å²) in [5.41, 5.74) is 7.08. The maximum absolute atomic E-state index is 12.8. The van der Waals surface area contributed by atoms with Crippen LogP contribution in [-0.4, -0.2) is 25.4 Å². The van der Waals surface area contributed by atoms with E-state index in [0.717, 1.165) is 11.3 Å². The Labute approximate surface area is 166 Å². The van der Waals surface area contributed by atoms with Gasteiger partial charge in [-0.25, -0.2) is 13.2 Å². The van der Waals surface area contributed by atoms with Crippen LogP contribution < -0.4 is 5.73 Å². The molecule has 3 aromatic rings. The molecule has 0 saturated carbocycles. The number of thiophene rings is 1. The van der Waals surface area contributed by atoms with Crippen molar-refractivity contribution in [3.05, 3.63) is 76.2 Å². The van der Waals surface area contributed by atoms with Crippen molar-refractivity contribution in [1.82, 2.24) is 0 Å². The van der Waals surface area contributed by atoms with Crippen molar-refractivity contribution in [3.63, 3.8) is 0 Å². The van der Waals surface area contributed by atoms with Crippen molar-refractivity contribution >= 4 is 33.1 Å². The standard InChI is InChI=1S/C20H17NO5S2/c1-12-4-2-3-5-17(12)28(25,26)11-15-10-16(27-18(15)20(23)24)13-6-8-14(9-7-13)19(21)22/h2-10H,11H2,1H3,(H2,21,22)(H,23,24). The Kier molecular flexibility index (Phi) is 5.35. The van der Waals surface area contributed by atoms with E-state index in [1.54, 1.807) is 55.5 Å². The van der Waals surface area contributed by atoms with Gasteiger partial charge in [0.1, 0.15) is 4.88 Å². The molecule has 0 fully saturated rings. The van der Waals surface area contributed by atoms with Crippen LogP contribution in [0.25, 0.3) is 10.4 Å². The van der Waals surface area contributed by atoms with Crippen molar-refractivity contribution in [2.75, 3.05) is 0 Å². The zero-order chi connectivity index (χ0) is 20.5. The minimum absolute atomic E-state index is 0.0221. The number of hydrogen-bond donors (Lipinski definition) is 2. The molecule has 1 heterocycles. The van der Waals surface area contributed by atoms with Crippen LogP contribution in [0.1, 0.15) is 31.2 Å². The smallest absolute Gasteiger partial charge is 0.346 e. The van der Waals surface area contributed by atoms with Gasteiger partial charge in [-0.2, -0.15) is 0 Å². The molecule has 0 unspecified atom stereocenters. The Morgan fingerprint density at radius 2 is 1.71 bits per heavy atom. The molecular weight excluding hydrogens is 398 g/mol. The van der Waals surface area contributed by atoms with Crippen LogP contribution in [0.4, 0.5) is 0 Å². The first-order valence-corrected chi connectivity index (χ1v) is 10.7. The topological polar surface area (TPSA) is 115 Å². The molecule has 0 saturated heterocycles. The van der Waals surface area contributed by atoms with Crippen molar-refractivity contribution in [2.45, 2.75) is 17.6 Å². The maximum atomic E-state index is 12.8. The first-order valence-electron chi connectivity index (χ1n) is 8.23. The van der Waals surface area contributed by atoms with E-state index in [1.807, 2.05) is 0 Å². The minimum Gasteiger partial charge on any atom is -0.477 e. The fraction of sp³-hybridized carbons (Fsp3) is 0.100. The molecule has 0 bridgehead atoms. The number of carbonyl (C=O) groups is 2. The Morgan fingerprint density at radius 3 is 2.29 bits per heavy atom. The number of aromatic carboxylic acids is 1. The van der Waals surface area contributed by atoms with E-state index in [0.29, 0.717) is 21.6 Å². The van der Waals surface area contributed by atoms with Gasteiger partial charge in [0, 0.05) is 10.4 Å². The predicted octanol–water partition coefficient (Wildman–Crippen LogP) is 3.49. The average Bonchev–Trinajstić information content (AvgIpc) is 3.05. The molecule has 0 radical (unpaired) electrons. The Morgan fingerprint density at radius 1 is 1.07 bits per heavy atom. The van der Waals surface area contributed by atoms with Crippen LogP contribution in [0.3, 0.4) is 0 Å². The van der Waals surface area contributed by atoms with Crippen LogP contribution in [0.15, 0.2) is 59.5 Å². The number of carbonyl (C=O) groups excluding carboxylic acids is 1. The number of rotatable bonds is 6. The van der Waals surface area contributed by atoms with Gasteiger partial charge in [0.2, 0.25) is 5.91 Å². The molecule has 1 aromatic heterocycles. The number of benzene rings is 2. The molecule has 1 amide bonds.